The first-order chi connectivity index (χ1) is 19.5. The molecule has 1 heterocycles. The molecule has 0 fully saturated rings. The highest BCUT2D eigenvalue weighted by Crippen LogP contribution is 2.37. The quantitative estimate of drug-likeness (QED) is 0.173. The second-order valence-corrected chi connectivity index (χ2v) is 9.76. The second kappa shape index (κ2) is 12.9. The Morgan fingerprint density at radius 1 is 1.10 bits per heavy atom. The van der Waals surface area contributed by atoms with Gasteiger partial charge in [-0.2, -0.15) is 0 Å². The van der Waals surface area contributed by atoms with Gasteiger partial charge in [0.25, 0.3) is 12.3 Å². The number of aliphatic hydroxyl groups excluding tert-OH is 1. The Bertz CT molecular complexity index is 1630. The number of imidazole rings is 1. The number of benzene rings is 3. The topological polar surface area (TPSA) is 118 Å². The summed E-state index contributed by atoms with van der Waals surface area (Å²) in [6.07, 6.45) is -2.81. The molecule has 0 aliphatic carbocycles. The lowest BCUT2D eigenvalue weighted by Crippen LogP contribution is -2.25. The molecule has 4 N–H and O–H groups in total. The molecule has 216 valence electrons. The predicted octanol–water partition coefficient (Wildman–Crippen LogP) is 5.92. The van der Waals surface area contributed by atoms with E-state index in [2.05, 4.69) is 20.9 Å². The van der Waals surface area contributed by atoms with Crippen LogP contribution in [-0.4, -0.2) is 46.1 Å². The fourth-order valence-corrected chi connectivity index (χ4v) is 4.47. The van der Waals surface area contributed by atoms with E-state index in [1.807, 2.05) is 0 Å². The van der Waals surface area contributed by atoms with Gasteiger partial charge in [0, 0.05) is 25.3 Å². The number of amides is 2. The molecule has 2 amide bonds. The monoisotopic (exact) mass is 629 g/mol. The number of aromatic nitrogens is 2. The zero-order valence-corrected chi connectivity index (χ0v) is 23.3. The van der Waals surface area contributed by atoms with Gasteiger partial charge in [-0.3, -0.25) is 9.59 Å². The predicted molar refractivity (Wildman–Crippen MR) is 150 cm³/mol. The molecular weight excluding hydrogens is 610 g/mol. The highest BCUT2D eigenvalue weighted by atomic mass is 35.5. The lowest BCUT2D eigenvalue weighted by atomic mass is 10.1. The van der Waals surface area contributed by atoms with E-state index in [1.54, 1.807) is 23.7 Å². The van der Waals surface area contributed by atoms with Gasteiger partial charge in [-0.05, 0) is 35.9 Å². The first-order valence-corrected chi connectivity index (χ1v) is 12.9. The van der Waals surface area contributed by atoms with Crippen molar-refractivity contribution in [1.29, 1.82) is 0 Å². The maximum absolute atomic E-state index is 13.5. The van der Waals surface area contributed by atoms with Crippen molar-refractivity contribution < 1.29 is 32.6 Å². The van der Waals surface area contributed by atoms with E-state index in [0.717, 1.165) is 6.07 Å². The van der Waals surface area contributed by atoms with Gasteiger partial charge in [0.05, 0.1) is 37.4 Å². The molecule has 0 bridgehead atoms. The van der Waals surface area contributed by atoms with Crippen molar-refractivity contribution in [3.05, 3.63) is 74.5 Å². The smallest absolute Gasteiger partial charge is 0.272 e. The van der Waals surface area contributed by atoms with Crippen LogP contribution in [0.25, 0.3) is 11.0 Å². The summed E-state index contributed by atoms with van der Waals surface area (Å²) >= 11 is 18.7. The normalized spacial score (nSPS) is 11.1. The maximum Gasteiger partial charge on any atom is 0.272 e. The Balaban J connectivity index is 1.70. The van der Waals surface area contributed by atoms with E-state index < -0.39 is 37.3 Å². The summed E-state index contributed by atoms with van der Waals surface area (Å²) in [5.74, 6) is -1.92. The average Bonchev–Trinajstić information content (AvgIpc) is 3.24. The van der Waals surface area contributed by atoms with Gasteiger partial charge in [-0.1, -0.05) is 40.9 Å². The third-order valence-corrected chi connectivity index (χ3v) is 6.83. The van der Waals surface area contributed by atoms with Crippen molar-refractivity contribution in [3.63, 3.8) is 0 Å². The molecule has 9 nitrogen and oxygen atoms in total. The van der Waals surface area contributed by atoms with Crippen LogP contribution < -0.4 is 20.7 Å². The number of ether oxygens (including phenoxy) is 1. The Labute approximate surface area is 246 Å². The zero-order chi connectivity index (χ0) is 29.8. The zero-order valence-electron chi connectivity index (χ0n) is 21.1. The number of nitrogens with one attached hydrogen (secondary N) is 3. The molecule has 0 unspecified atom stereocenters. The average molecular weight is 631 g/mol. The van der Waals surface area contributed by atoms with Gasteiger partial charge in [-0.15, -0.1) is 0 Å². The molecule has 0 spiro atoms. The van der Waals surface area contributed by atoms with E-state index in [0.29, 0.717) is 16.6 Å². The molecule has 15 heteroatoms. The number of carbonyl (C=O) groups is 2. The van der Waals surface area contributed by atoms with Crippen LogP contribution in [0.1, 0.15) is 15.9 Å². The molecule has 1 aromatic heterocycles. The fourth-order valence-electron chi connectivity index (χ4n) is 3.76. The molecule has 0 radical (unpaired) electrons. The van der Waals surface area contributed by atoms with Gasteiger partial charge in [0.15, 0.2) is 0 Å². The first-order valence-electron chi connectivity index (χ1n) is 11.8. The summed E-state index contributed by atoms with van der Waals surface area (Å²) in [6.45, 7) is -1.63. The van der Waals surface area contributed by atoms with Gasteiger partial charge in [0.2, 0.25) is 11.9 Å². The van der Waals surface area contributed by atoms with Gasteiger partial charge in [-0.25, -0.2) is 18.2 Å². The number of rotatable bonds is 10. The minimum Gasteiger partial charge on any atom is -0.487 e. The van der Waals surface area contributed by atoms with Gasteiger partial charge >= 0.3 is 0 Å². The van der Waals surface area contributed by atoms with Crippen molar-refractivity contribution in [2.75, 3.05) is 23.8 Å². The first kappa shape index (κ1) is 30.3. The number of fused-ring (bicyclic) bond motifs is 1. The van der Waals surface area contributed by atoms with Crippen molar-refractivity contribution >= 4 is 75.0 Å². The van der Waals surface area contributed by atoms with E-state index in [-0.39, 0.29) is 50.2 Å². The summed E-state index contributed by atoms with van der Waals surface area (Å²) in [5, 5.41) is 17.2. The number of aliphatic hydroxyl groups is 1. The SMILES string of the molecule is Cn1c(Nc2c(Cl)ccc(CNC(=O)CO)c2Cl)nc2cc(C(=O)Nc3ccc(F)c(Cl)c3)c(OCC(F)F)cc21. The summed E-state index contributed by atoms with van der Waals surface area (Å²) in [4.78, 5) is 29.1. The van der Waals surface area contributed by atoms with Crippen LogP contribution in [-0.2, 0) is 18.4 Å². The summed E-state index contributed by atoms with van der Waals surface area (Å²) < 4.78 is 46.3. The summed E-state index contributed by atoms with van der Waals surface area (Å²) in [7, 11) is 1.63. The number of anilines is 3. The summed E-state index contributed by atoms with van der Waals surface area (Å²) in [5.41, 5.74) is 1.53. The molecule has 0 aliphatic rings. The maximum atomic E-state index is 13.5. The minimum absolute atomic E-state index is 0.0230. The van der Waals surface area contributed by atoms with Gasteiger partial charge in [0.1, 0.15) is 24.8 Å². The number of carbonyl (C=O) groups excluding carboxylic acids is 2. The standard InChI is InChI=1S/C26H21Cl3F3N5O4/c1-37-19-8-20(41-11-21(31)32)14(25(40)34-13-3-5-17(30)16(28)6-13)7-18(19)35-26(37)36-24-15(27)4-2-12(23(24)29)9-33-22(39)10-38/h2-8,21,38H,9-11H2,1H3,(H,33,39)(H,34,40)(H,35,36). The van der Waals surface area contributed by atoms with Crippen molar-refractivity contribution in [1.82, 2.24) is 14.9 Å². The number of hydrogen-bond donors (Lipinski definition) is 4. The highest BCUT2D eigenvalue weighted by molar-refractivity contribution is 6.39. The molecule has 41 heavy (non-hydrogen) atoms. The number of nitrogens with zero attached hydrogens (tertiary/aromatic N) is 2. The van der Waals surface area contributed by atoms with Crippen LogP contribution in [0.2, 0.25) is 15.1 Å². The summed E-state index contributed by atoms with van der Waals surface area (Å²) in [6, 6.07) is 9.45. The minimum atomic E-state index is -2.81. The fraction of sp³-hybridized carbons (Fsp3) is 0.192. The largest absolute Gasteiger partial charge is 0.487 e. The number of aryl methyl sites for hydroxylation is 1. The number of halogens is 6. The lowest BCUT2D eigenvalue weighted by Gasteiger charge is -2.14. The third-order valence-electron chi connectivity index (χ3n) is 5.80. The van der Waals surface area contributed by atoms with Crippen LogP contribution in [0.4, 0.5) is 30.5 Å². The molecule has 3 aromatic carbocycles. The Kier molecular flexibility index (Phi) is 9.49. The highest BCUT2D eigenvalue weighted by Gasteiger charge is 2.21. The number of hydrogen-bond acceptors (Lipinski definition) is 6. The van der Waals surface area contributed by atoms with Crippen LogP contribution >= 0.6 is 34.8 Å². The Morgan fingerprint density at radius 2 is 1.85 bits per heavy atom. The number of alkyl halides is 2. The Morgan fingerprint density at radius 3 is 2.54 bits per heavy atom. The van der Waals surface area contributed by atoms with E-state index in [4.69, 9.17) is 44.6 Å². The second-order valence-electron chi connectivity index (χ2n) is 8.57. The van der Waals surface area contributed by atoms with Crippen LogP contribution in [0.15, 0.2) is 42.5 Å². The van der Waals surface area contributed by atoms with E-state index in [9.17, 15) is 22.8 Å². The van der Waals surface area contributed by atoms with E-state index in [1.165, 1.54) is 24.3 Å². The molecule has 4 aromatic rings. The van der Waals surface area contributed by atoms with E-state index >= 15 is 0 Å². The lowest BCUT2D eigenvalue weighted by molar-refractivity contribution is -0.123. The third kappa shape index (κ3) is 6.96. The molecular formula is C26H21Cl3F3N5O4. The van der Waals surface area contributed by atoms with Crippen molar-refractivity contribution in [2.24, 2.45) is 7.05 Å². The van der Waals surface area contributed by atoms with Crippen LogP contribution in [0.3, 0.4) is 0 Å². The van der Waals surface area contributed by atoms with Crippen molar-refractivity contribution in [3.8, 4) is 5.75 Å². The molecule has 0 saturated carbocycles. The van der Waals surface area contributed by atoms with Crippen LogP contribution in [0.5, 0.6) is 5.75 Å². The molecule has 4 rings (SSSR count). The molecule has 0 saturated heterocycles. The van der Waals surface area contributed by atoms with Gasteiger partial charge < -0.3 is 30.4 Å². The molecule has 0 atom stereocenters. The van der Waals surface area contributed by atoms with Crippen LogP contribution in [0, 0.1) is 5.82 Å². The Hall–Kier alpha value is -3.71. The van der Waals surface area contributed by atoms with Crippen molar-refractivity contribution in [2.45, 2.75) is 13.0 Å². The molecule has 0 aliphatic heterocycles.